The Kier molecular flexibility index (Phi) is 3.74. The molecule has 1 aliphatic heterocycles. The Morgan fingerprint density at radius 2 is 2.41 bits per heavy atom. The van der Waals surface area contributed by atoms with Gasteiger partial charge in [-0.2, -0.15) is 0 Å². The molecule has 4 nitrogen and oxygen atoms in total. The van der Waals surface area contributed by atoms with E-state index in [2.05, 4.69) is 24.1 Å². The van der Waals surface area contributed by atoms with Gasteiger partial charge in [-0.1, -0.05) is 13.8 Å². The summed E-state index contributed by atoms with van der Waals surface area (Å²) in [5.74, 6) is 0.557. The van der Waals surface area contributed by atoms with E-state index in [4.69, 9.17) is 0 Å². The van der Waals surface area contributed by atoms with Crippen LogP contribution in [0.1, 0.15) is 24.2 Å². The Balaban J connectivity index is 2.17. The lowest BCUT2D eigenvalue weighted by atomic mass is 10.00. The monoisotopic (exact) mass is 233 g/mol. The summed E-state index contributed by atoms with van der Waals surface area (Å²) in [5, 5.41) is 3.34. The first-order valence-electron chi connectivity index (χ1n) is 6.12. The van der Waals surface area contributed by atoms with Crippen LogP contribution in [0.3, 0.4) is 0 Å². The molecule has 1 amide bonds. The van der Waals surface area contributed by atoms with E-state index in [-0.39, 0.29) is 11.9 Å². The molecule has 1 saturated heterocycles. The molecule has 1 aromatic heterocycles. The zero-order valence-electron chi connectivity index (χ0n) is 10.4. The highest BCUT2D eigenvalue weighted by Crippen LogP contribution is 2.15. The predicted molar refractivity (Wildman–Crippen MR) is 66.8 cm³/mol. The summed E-state index contributed by atoms with van der Waals surface area (Å²) in [6.45, 7) is 6.83. The molecule has 0 aliphatic carbocycles. The highest BCUT2D eigenvalue weighted by Gasteiger charge is 2.29. The second-order valence-corrected chi connectivity index (χ2v) is 4.76. The Labute approximate surface area is 102 Å². The van der Waals surface area contributed by atoms with E-state index in [1.807, 2.05) is 11.0 Å². The van der Waals surface area contributed by atoms with Gasteiger partial charge in [0.25, 0.3) is 5.91 Å². The second-order valence-electron chi connectivity index (χ2n) is 4.76. The molecule has 1 aliphatic rings. The number of carbonyl (C=O) groups is 1. The fourth-order valence-electron chi connectivity index (χ4n) is 2.23. The van der Waals surface area contributed by atoms with Crippen molar-refractivity contribution in [1.82, 2.24) is 15.2 Å². The largest absolute Gasteiger partial charge is 0.333 e. The third-order valence-electron chi connectivity index (χ3n) is 3.22. The number of aromatic nitrogens is 1. The maximum atomic E-state index is 12.4. The van der Waals surface area contributed by atoms with Crippen LogP contribution in [0.25, 0.3) is 0 Å². The van der Waals surface area contributed by atoms with Gasteiger partial charge >= 0.3 is 0 Å². The van der Waals surface area contributed by atoms with Crippen LogP contribution in [0.5, 0.6) is 0 Å². The third-order valence-corrected chi connectivity index (χ3v) is 3.22. The van der Waals surface area contributed by atoms with Crippen molar-refractivity contribution in [3.8, 4) is 0 Å². The molecule has 4 heteroatoms. The Bertz CT molecular complexity index is 378. The Hall–Kier alpha value is -1.42. The second kappa shape index (κ2) is 5.27. The van der Waals surface area contributed by atoms with Crippen molar-refractivity contribution >= 4 is 5.91 Å². The van der Waals surface area contributed by atoms with Crippen molar-refractivity contribution < 1.29 is 4.79 Å². The molecule has 2 heterocycles. The maximum Gasteiger partial charge on any atom is 0.255 e. The molecule has 0 saturated carbocycles. The average molecular weight is 233 g/mol. The summed E-state index contributed by atoms with van der Waals surface area (Å²) in [6, 6.07) is 3.91. The molecule has 1 unspecified atom stereocenters. The van der Waals surface area contributed by atoms with Gasteiger partial charge in [-0.15, -0.1) is 0 Å². The number of piperazine rings is 1. The van der Waals surface area contributed by atoms with Crippen LogP contribution < -0.4 is 5.32 Å². The normalized spacial score (nSPS) is 20.6. The zero-order valence-corrected chi connectivity index (χ0v) is 10.4. The summed E-state index contributed by atoms with van der Waals surface area (Å²) < 4.78 is 0. The first-order valence-corrected chi connectivity index (χ1v) is 6.12. The summed E-state index contributed by atoms with van der Waals surface area (Å²) in [4.78, 5) is 18.4. The van der Waals surface area contributed by atoms with Gasteiger partial charge in [0.05, 0.1) is 5.56 Å². The van der Waals surface area contributed by atoms with Gasteiger partial charge in [0.1, 0.15) is 0 Å². The van der Waals surface area contributed by atoms with E-state index < -0.39 is 0 Å². The first kappa shape index (κ1) is 12.0. The molecule has 0 spiro atoms. The van der Waals surface area contributed by atoms with Crippen LogP contribution in [0.2, 0.25) is 0 Å². The van der Waals surface area contributed by atoms with E-state index in [9.17, 15) is 4.79 Å². The van der Waals surface area contributed by atoms with Gasteiger partial charge in [0.15, 0.2) is 0 Å². The van der Waals surface area contributed by atoms with Gasteiger partial charge in [-0.25, -0.2) is 0 Å². The van der Waals surface area contributed by atoms with E-state index in [0.717, 1.165) is 19.6 Å². The standard InChI is InChI=1S/C13H19N3O/c1-10(2)12-9-15-6-7-16(12)13(17)11-4-3-5-14-8-11/h3-5,8,10,12,15H,6-7,9H2,1-2H3. The number of carbonyl (C=O) groups excluding carboxylic acids is 1. The van der Waals surface area contributed by atoms with Gasteiger partial charge in [-0.3, -0.25) is 9.78 Å². The average Bonchev–Trinajstić information content (AvgIpc) is 2.39. The number of pyridine rings is 1. The van der Waals surface area contributed by atoms with E-state index in [0.29, 0.717) is 11.5 Å². The molecule has 92 valence electrons. The molecule has 1 fully saturated rings. The van der Waals surface area contributed by atoms with Crippen molar-refractivity contribution in [2.24, 2.45) is 5.92 Å². The number of hydrogen-bond acceptors (Lipinski definition) is 3. The topological polar surface area (TPSA) is 45.2 Å². The quantitative estimate of drug-likeness (QED) is 0.833. The number of amides is 1. The summed E-state index contributed by atoms with van der Waals surface area (Å²) >= 11 is 0. The maximum absolute atomic E-state index is 12.4. The number of rotatable bonds is 2. The van der Waals surface area contributed by atoms with Crippen molar-refractivity contribution in [2.45, 2.75) is 19.9 Å². The minimum absolute atomic E-state index is 0.0956. The van der Waals surface area contributed by atoms with Crippen LogP contribution >= 0.6 is 0 Å². The third kappa shape index (κ3) is 2.64. The lowest BCUT2D eigenvalue weighted by Gasteiger charge is -2.38. The highest BCUT2D eigenvalue weighted by atomic mass is 16.2. The number of nitrogens with one attached hydrogen (secondary N) is 1. The van der Waals surface area contributed by atoms with E-state index in [1.165, 1.54) is 0 Å². The summed E-state index contributed by atoms with van der Waals surface area (Å²) in [7, 11) is 0. The molecule has 0 bridgehead atoms. The fourth-order valence-corrected chi connectivity index (χ4v) is 2.23. The van der Waals surface area contributed by atoms with Gasteiger partial charge in [-0.05, 0) is 18.1 Å². The van der Waals surface area contributed by atoms with Gasteiger partial charge in [0.2, 0.25) is 0 Å². The zero-order chi connectivity index (χ0) is 12.3. The summed E-state index contributed by atoms with van der Waals surface area (Å²) in [6.07, 6.45) is 3.33. The fraction of sp³-hybridized carbons (Fsp3) is 0.538. The number of hydrogen-bond donors (Lipinski definition) is 1. The minimum atomic E-state index is 0.0956. The number of nitrogens with zero attached hydrogens (tertiary/aromatic N) is 2. The summed E-state index contributed by atoms with van der Waals surface area (Å²) in [5.41, 5.74) is 0.681. The highest BCUT2D eigenvalue weighted by molar-refractivity contribution is 5.94. The van der Waals surface area contributed by atoms with Crippen LogP contribution in [0, 0.1) is 5.92 Å². The van der Waals surface area contributed by atoms with Crippen LogP contribution in [-0.2, 0) is 0 Å². The molecule has 2 rings (SSSR count). The molecule has 1 aromatic rings. The molecule has 0 radical (unpaired) electrons. The van der Waals surface area contributed by atoms with Gasteiger partial charge < -0.3 is 10.2 Å². The van der Waals surface area contributed by atoms with Crippen LogP contribution in [-0.4, -0.2) is 41.5 Å². The lowest BCUT2D eigenvalue weighted by Crippen LogP contribution is -2.55. The molecule has 17 heavy (non-hydrogen) atoms. The van der Waals surface area contributed by atoms with Gasteiger partial charge in [0, 0.05) is 38.1 Å². The minimum Gasteiger partial charge on any atom is -0.333 e. The SMILES string of the molecule is CC(C)C1CNCCN1C(=O)c1cccnc1. The molecule has 0 aromatic carbocycles. The molecular formula is C13H19N3O. The van der Waals surface area contributed by atoms with Crippen LogP contribution in [0.15, 0.2) is 24.5 Å². The molecule has 1 N–H and O–H groups in total. The lowest BCUT2D eigenvalue weighted by molar-refractivity contribution is 0.0573. The Morgan fingerprint density at radius 1 is 1.59 bits per heavy atom. The van der Waals surface area contributed by atoms with Crippen LogP contribution in [0.4, 0.5) is 0 Å². The van der Waals surface area contributed by atoms with E-state index in [1.54, 1.807) is 18.5 Å². The van der Waals surface area contributed by atoms with Crippen molar-refractivity contribution in [2.75, 3.05) is 19.6 Å². The predicted octanol–water partition coefficient (Wildman–Crippen LogP) is 1.15. The Morgan fingerprint density at radius 3 is 3.06 bits per heavy atom. The van der Waals surface area contributed by atoms with E-state index >= 15 is 0 Å². The first-order chi connectivity index (χ1) is 8.20. The van der Waals surface area contributed by atoms with Crippen molar-refractivity contribution in [3.63, 3.8) is 0 Å². The molecule has 1 atom stereocenters. The molecular weight excluding hydrogens is 214 g/mol. The van der Waals surface area contributed by atoms with Crippen molar-refractivity contribution in [3.05, 3.63) is 30.1 Å². The smallest absolute Gasteiger partial charge is 0.255 e. The van der Waals surface area contributed by atoms with Crippen molar-refractivity contribution in [1.29, 1.82) is 0 Å².